The van der Waals surface area contributed by atoms with E-state index in [0.717, 1.165) is 6.07 Å². The van der Waals surface area contributed by atoms with Crippen molar-refractivity contribution in [3.05, 3.63) is 87.7 Å². The first kappa shape index (κ1) is 24.2. The van der Waals surface area contributed by atoms with Crippen LogP contribution >= 0.6 is 11.6 Å². The van der Waals surface area contributed by atoms with Crippen LogP contribution in [0.5, 0.6) is 11.5 Å². The fourth-order valence-corrected chi connectivity index (χ4v) is 3.55. The van der Waals surface area contributed by atoms with E-state index in [2.05, 4.69) is 5.32 Å². The number of anilines is 1. The molecule has 0 aliphatic carbocycles. The lowest BCUT2D eigenvalue weighted by Gasteiger charge is -2.14. The molecule has 0 unspecified atom stereocenters. The topological polar surface area (TPSA) is 77.8 Å². The van der Waals surface area contributed by atoms with Gasteiger partial charge in [0.15, 0.2) is 6.61 Å². The van der Waals surface area contributed by atoms with E-state index in [0.29, 0.717) is 16.5 Å². The molecule has 1 heterocycles. The first-order valence-electron chi connectivity index (χ1n) is 10.2. The van der Waals surface area contributed by atoms with Gasteiger partial charge >= 0.3 is 6.18 Å². The van der Waals surface area contributed by atoms with Gasteiger partial charge < -0.3 is 19.2 Å². The summed E-state index contributed by atoms with van der Waals surface area (Å²) in [6.07, 6.45) is -4.94. The van der Waals surface area contributed by atoms with Crippen molar-refractivity contribution in [2.45, 2.75) is 6.18 Å². The number of amides is 1. The van der Waals surface area contributed by atoms with Crippen LogP contribution in [0.25, 0.3) is 22.1 Å². The number of benzene rings is 3. The molecule has 0 fully saturated rings. The van der Waals surface area contributed by atoms with Gasteiger partial charge in [0, 0.05) is 11.1 Å². The molecule has 0 saturated heterocycles. The molecule has 0 aliphatic rings. The third-order valence-electron chi connectivity index (χ3n) is 5.01. The predicted molar refractivity (Wildman–Crippen MR) is 125 cm³/mol. The van der Waals surface area contributed by atoms with Gasteiger partial charge in [0.05, 0.1) is 23.7 Å². The van der Waals surface area contributed by atoms with Crippen molar-refractivity contribution in [2.75, 3.05) is 19.0 Å². The molecule has 180 valence electrons. The first-order valence-corrected chi connectivity index (χ1v) is 10.5. The molecule has 0 radical (unpaired) electrons. The highest BCUT2D eigenvalue weighted by atomic mass is 35.5. The van der Waals surface area contributed by atoms with Crippen LogP contribution in [0.2, 0.25) is 5.02 Å². The Morgan fingerprint density at radius 1 is 1.06 bits per heavy atom. The largest absolute Gasteiger partial charge is 0.495 e. The minimum absolute atomic E-state index is 0.0192. The molecule has 4 rings (SSSR count). The summed E-state index contributed by atoms with van der Waals surface area (Å²) in [6, 6.07) is 15.9. The van der Waals surface area contributed by atoms with Gasteiger partial charge in [-0.25, -0.2) is 0 Å². The van der Waals surface area contributed by atoms with Crippen molar-refractivity contribution < 1.29 is 31.9 Å². The standard InChI is InChI=1S/C25H17ClF3NO5/c1-33-19-5-3-2-4-18(19)30-21(31)13-34-16-10-11-17-20(12-16)35-24(25(27,28)29)22(23(17)32)14-6-8-15(26)9-7-14/h2-12H,13H2,1H3,(H,30,31). The highest BCUT2D eigenvalue weighted by molar-refractivity contribution is 6.30. The second-order valence-electron chi connectivity index (χ2n) is 7.34. The summed E-state index contributed by atoms with van der Waals surface area (Å²) in [5, 5.41) is 2.85. The van der Waals surface area contributed by atoms with E-state index in [1.807, 2.05) is 0 Å². The summed E-state index contributed by atoms with van der Waals surface area (Å²) in [7, 11) is 1.46. The molecule has 0 bridgehead atoms. The Labute approximate surface area is 201 Å². The Balaban J connectivity index is 1.64. The van der Waals surface area contributed by atoms with Crippen molar-refractivity contribution in [3.63, 3.8) is 0 Å². The Kier molecular flexibility index (Phi) is 6.70. The number of hydrogen-bond acceptors (Lipinski definition) is 5. The Morgan fingerprint density at radius 3 is 2.46 bits per heavy atom. The van der Waals surface area contributed by atoms with Crippen LogP contribution in [0.3, 0.4) is 0 Å². The highest BCUT2D eigenvalue weighted by Crippen LogP contribution is 2.38. The van der Waals surface area contributed by atoms with Crippen LogP contribution in [0.4, 0.5) is 18.9 Å². The number of carbonyl (C=O) groups excluding carboxylic acids is 1. The minimum atomic E-state index is -4.94. The van der Waals surface area contributed by atoms with Gasteiger partial charge in [-0.2, -0.15) is 13.2 Å². The number of carbonyl (C=O) groups is 1. The van der Waals surface area contributed by atoms with Gasteiger partial charge in [0.1, 0.15) is 17.1 Å². The molecule has 0 aliphatic heterocycles. The number of methoxy groups -OCH3 is 1. The Hall–Kier alpha value is -3.98. The number of ether oxygens (including phenoxy) is 2. The van der Waals surface area contributed by atoms with Crippen LogP contribution in [0.15, 0.2) is 75.9 Å². The molecule has 1 amide bonds. The molecule has 0 atom stereocenters. The second-order valence-corrected chi connectivity index (χ2v) is 7.77. The summed E-state index contributed by atoms with van der Waals surface area (Å²) < 4.78 is 57.1. The van der Waals surface area contributed by atoms with E-state index in [1.165, 1.54) is 43.5 Å². The second kappa shape index (κ2) is 9.71. The predicted octanol–water partition coefficient (Wildman–Crippen LogP) is 6.16. The number of nitrogens with one attached hydrogen (secondary N) is 1. The number of para-hydroxylation sites is 2. The lowest BCUT2D eigenvalue weighted by Crippen LogP contribution is -2.20. The molecular weight excluding hydrogens is 487 g/mol. The van der Waals surface area contributed by atoms with E-state index < -0.39 is 35.4 Å². The third-order valence-corrected chi connectivity index (χ3v) is 5.26. The fourth-order valence-electron chi connectivity index (χ4n) is 3.42. The summed E-state index contributed by atoms with van der Waals surface area (Å²) in [4.78, 5) is 25.3. The van der Waals surface area contributed by atoms with Gasteiger partial charge in [0.25, 0.3) is 5.91 Å². The average molecular weight is 504 g/mol. The van der Waals surface area contributed by atoms with Gasteiger partial charge in [0.2, 0.25) is 11.2 Å². The van der Waals surface area contributed by atoms with E-state index >= 15 is 0 Å². The van der Waals surface area contributed by atoms with Crippen molar-refractivity contribution in [1.82, 2.24) is 0 Å². The maximum absolute atomic E-state index is 13.8. The Bertz CT molecular complexity index is 1450. The van der Waals surface area contributed by atoms with Crippen LogP contribution in [0.1, 0.15) is 5.76 Å². The summed E-state index contributed by atoms with van der Waals surface area (Å²) in [6.45, 7) is -0.442. The van der Waals surface area contributed by atoms with Crippen LogP contribution in [-0.4, -0.2) is 19.6 Å². The normalized spacial score (nSPS) is 11.3. The first-order chi connectivity index (χ1) is 16.7. The highest BCUT2D eigenvalue weighted by Gasteiger charge is 2.39. The molecule has 35 heavy (non-hydrogen) atoms. The quantitative estimate of drug-likeness (QED) is 0.341. The number of alkyl halides is 3. The average Bonchev–Trinajstić information content (AvgIpc) is 2.83. The van der Waals surface area contributed by atoms with Gasteiger partial charge in [-0.3, -0.25) is 9.59 Å². The maximum atomic E-state index is 13.8. The lowest BCUT2D eigenvalue weighted by atomic mass is 10.0. The molecule has 0 spiro atoms. The van der Waals surface area contributed by atoms with E-state index in [1.54, 1.807) is 24.3 Å². The summed E-state index contributed by atoms with van der Waals surface area (Å²) in [5.74, 6) is -1.47. The fraction of sp³-hybridized carbons (Fsp3) is 0.120. The van der Waals surface area contributed by atoms with Crippen molar-refractivity contribution >= 4 is 34.2 Å². The minimum Gasteiger partial charge on any atom is -0.495 e. The van der Waals surface area contributed by atoms with Gasteiger partial charge in [-0.1, -0.05) is 35.9 Å². The summed E-state index contributed by atoms with van der Waals surface area (Å²) in [5.41, 5.74) is -1.36. The molecule has 10 heteroatoms. The molecule has 1 aromatic heterocycles. The molecular formula is C25H17ClF3NO5. The van der Waals surface area contributed by atoms with Crippen LogP contribution in [-0.2, 0) is 11.0 Å². The zero-order valence-corrected chi connectivity index (χ0v) is 18.9. The zero-order chi connectivity index (χ0) is 25.2. The van der Waals surface area contributed by atoms with Gasteiger partial charge in [-0.15, -0.1) is 0 Å². The zero-order valence-electron chi connectivity index (χ0n) is 18.1. The number of hydrogen-bond donors (Lipinski definition) is 1. The van der Waals surface area contributed by atoms with Crippen molar-refractivity contribution in [1.29, 1.82) is 0 Å². The molecule has 0 saturated carbocycles. The third kappa shape index (κ3) is 5.25. The monoisotopic (exact) mass is 503 g/mol. The molecule has 3 aromatic carbocycles. The number of halogens is 4. The van der Waals surface area contributed by atoms with Gasteiger partial charge in [-0.05, 0) is 42.0 Å². The van der Waals surface area contributed by atoms with Crippen LogP contribution < -0.4 is 20.2 Å². The van der Waals surface area contributed by atoms with E-state index in [4.69, 9.17) is 25.5 Å². The molecule has 6 nitrogen and oxygen atoms in total. The Morgan fingerprint density at radius 2 is 1.77 bits per heavy atom. The molecule has 1 N–H and O–H groups in total. The van der Waals surface area contributed by atoms with E-state index in [9.17, 15) is 22.8 Å². The maximum Gasteiger partial charge on any atom is 0.450 e. The van der Waals surface area contributed by atoms with Crippen LogP contribution in [0, 0.1) is 0 Å². The molecule has 4 aromatic rings. The number of rotatable bonds is 6. The lowest BCUT2D eigenvalue weighted by molar-refractivity contribution is -0.152. The summed E-state index contributed by atoms with van der Waals surface area (Å²) >= 11 is 5.82. The van der Waals surface area contributed by atoms with Crippen molar-refractivity contribution in [2.24, 2.45) is 0 Å². The van der Waals surface area contributed by atoms with Crippen molar-refractivity contribution in [3.8, 4) is 22.6 Å². The smallest absolute Gasteiger partial charge is 0.450 e. The SMILES string of the molecule is COc1ccccc1NC(=O)COc1ccc2c(=O)c(-c3ccc(Cl)cc3)c(C(F)(F)F)oc2c1. The number of fused-ring (bicyclic) bond motifs is 1. The van der Waals surface area contributed by atoms with E-state index in [-0.39, 0.29) is 22.3 Å².